The third-order valence-corrected chi connectivity index (χ3v) is 2.06. The van der Waals surface area contributed by atoms with Crippen LogP contribution in [0.1, 0.15) is 12.5 Å². The topological polar surface area (TPSA) is 35.2 Å². The summed E-state index contributed by atoms with van der Waals surface area (Å²) >= 11 is 5.93. The zero-order valence-corrected chi connectivity index (χ0v) is 8.64. The van der Waals surface area contributed by atoms with E-state index < -0.39 is 0 Å². The molecule has 0 spiro atoms. The van der Waals surface area contributed by atoms with Crippen molar-refractivity contribution in [3.8, 4) is 5.75 Å². The van der Waals surface area contributed by atoms with Crippen LogP contribution < -0.4 is 10.5 Å². The minimum atomic E-state index is -0.000648. The Balaban J connectivity index is 2.81. The monoisotopic (exact) mass is 199 g/mol. The molecule has 2 N–H and O–H groups in total. The van der Waals surface area contributed by atoms with Gasteiger partial charge < -0.3 is 10.5 Å². The fraction of sp³-hybridized carbons (Fsp3) is 0.400. The van der Waals surface area contributed by atoms with Gasteiger partial charge in [-0.2, -0.15) is 0 Å². The number of ether oxygens (including phenoxy) is 1. The molecule has 3 heteroatoms. The summed E-state index contributed by atoms with van der Waals surface area (Å²) < 4.78 is 5.52. The maximum atomic E-state index is 5.93. The van der Waals surface area contributed by atoms with Crippen molar-refractivity contribution in [2.45, 2.75) is 20.0 Å². The van der Waals surface area contributed by atoms with Crippen molar-refractivity contribution in [3.63, 3.8) is 0 Å². The van der Waals surface area contributed by atoms with Crippen LogP contribution in [-0.4, -0.2) is 12.6 Å². The van der Waals surface area contributed by atoms with Crippen LogP contribution in [0.25, 0.3) is 0 Å². The predicted octanol–water partition coefficient (Wildman–Crippen LogP) is 2.37. The molecule has 0 heterocycles. The van der Waals surface area contributed by atoms with Crippen LogP contribution in [0, 0.1) is 6.92 Å². The molecule has 0 aromatic heterocycles. The van der Waals surface area contributed by atoms with Gasteiger partial charge in [-0.25, -0.2) is 0 Å². The van der Waals surface area contributed by atoms with Crippen molar-refractivity contribution in [3.05, 3.63) is 28.8 Å². The number of halogens is 1. The summed E-state index contributed by atoms with van der Waals surface area (Å²) in [6.07, 6.45) is -0.000648. The average Bonchev–Trinajstić information content (AvgIpc) is 2.11. The average molecular weight is 200 g/mol. The summed E-state index contributed by atoms with van der Waals surface area (Å²) in [6.45, 7) is 4.40. The fourth-order valence-corrected chi connectivity index (χ4v) is 1.13. The summed E-state index contributed by atoms with van der Waals surface area (Å²) in [4.78, 5) is 0. The lowest BCUT2D eigenvalue weighted by Crippen LogP contribution is -2.22. The Morgan fingerprint density at radius 1 is 1.54 bits per heavy atom. The number of rotatable bonds is 3. The van der Waals surface area contributed by atoms with E-state index in [-0.39, 0.29) is 6.10 Å². The van der Waals surface area contributed by atoms with Crippen LogP contribution in [0.3, 0.4) is 0 Å². The van der Waals surface area contributed by atoms with Gasteiger partial charge in [0.25, 0.3) is 0 Å². The zero-order chi connectivity index (χ0) is 9.84. The Kier molecular flexibility index (Phi) is 3.58. The third kappa shape index (κ3) is 2.90. The second kappa shape index (κ2) is 4.49. The normalized spacial score (nSPS) is 12.6. The Labute approximate surface area is 83.6 Å². The minimum absolute atomic E-state index is 0.000648. The van der Waals surface area contributed by atoms with Gasteiger partial charge in [0.05, 0.1) is 5.02 Å². The molecule has 13 heavy (non-hydrogen) atoms. The first-order chi connectivity index (χ1) is 6.13. The van der Waals surface area contributed by atoms with Gasteiger partial charge in [0.2, 0.25) is 0 Å². The Morgan fingerprint density at radius 2 is 2.23 bits per heavy atom. The molecule has 2 nitrogen and oxygen atoms in total. The molecule has 1 aromatic rings. The maximum absolute atomic E-state index is 5.93. The van der Waals surface area contributed by atoms with Gasteiger partial charge in [-0.15, -0.1) is 0 Å². The summed E-state index contributed by atoms with van der Waals surface area (Å²) in [5.74, 6) is 0.708. The number of nitrogens with two attached hydrogens (primary N) is 1. The number of hydrogen-bond acceptors (Lipinski definition) is 2. The van der Waals surface area contributed by atoms with E-state index >= 15 is 0 Å². The summed E-state index contributed by atoms with van der Waals surface area (Å²) in [5, 5.41) is 0.630. The molecule has 0 saturated heterocycles. The van der Waals surface area contributed by atoms with Crippen molar-refractivity contribution in [2.24, 2.45) is 5.73 Å². The second-order valence-corrected chi connectivity index (χ2v) is 3.51. The molecule has 1 aromatic carbocycles. The van der Waals surface area contributed by atoms with Crippen molar-refractivity contribution in [2.75, 3.05) is 6.54 Å². The van der Waals surface area contributed by atoms with E-state index in [0.29, 0.717) is 17.3 Å². The molecule has 0 aliphatic heterocycles. The van der Waals surface area contributed by atoms with E-state index in [1.807, 2.05) is 32.0 Å². The molecule has 0 fully saturated rings. The van der Waals surface area contributed by atoms with Gasteiger partial charge in [0.1, 0.15) is 11.9 Å². The van der Waals surface area contributed by atoms with E-state index in [9.17, 15) is 0 Å². The Hall–Kier alpha value is -0.730. The summed E-state index contributed by atoms with van der Waals surface area (Å²) in [5.41, 5.74) is 6.57. The minimum Gasteiger partial charge on any atom is -0.488 e. The largest absolute Gasteiger partial charge is 0.488 e. The molecule has 1 atom stereocenters. The first-order valence-electron chi connectivity index (χ1n) is 4.26. The van der Waals surface area contributed by atoms with Gasteiger partial charge in [-0.3, -0.25) is 0 Å². The molecule has 0 aliphatic carbocycles. The highest BCUT2D eigenvalue weighted by Gasteiger charge is 2.05. The molecule has 1 rings (SSSR count). The molecule has 0 saturated carbocycles. The van der Waals surface area contributed by atoms with Crippen molar-refractivity contribution < 1.29 is 4.74 Å². The van der Waals surface area contributed by atoms with Gasteiger partial charge in [0.15, 0.2) is 0 Å². The lowest BCUT2D eigenvalue weighted by atomic mass is 10.2. The Morgan fingerprint density at radius 3 is 2.85 bits per heavy atom. The third-order valence-electron chi connectivity index (χ3n) is 1.75. The van der Waals surface area contributed by atoms with E-state index in [0.717, 1.165) is 5.56 Å². The van der Waals surface area contributed by atoms with Gasteiger partial charge in [-0.1, -0.05) is 17.7 Å². The van der Waals surface area contributed by atoms with Crippen LogP contribution in [0.5, 0.6) is 5.75 Å². The molecule has 0 bridgehead atoms. The van der Waals surface area contributed by atoms with Gasteiger partial charge in [0, 0.05) is 6.54 Å². The highest BCUT2D eigenvalue weighted by Crippen LogP contribution is 2.25. The molecule has 0 aliphatic rings. The molecule has 0 radical (unpaired) electrons. The van der Waals surface area contributed by atoms with E-state index in [1.54, 1.807) is 0 Å². The number of benzene rings is 1. The van der Waals surface area contributed by atoms with E-state index in [2.05, 4.69) is 0 Å². The Bertz CT molecular complexity index is 288. The highest BCUT2D eigenvalue weighted by atomic mass is 35.5. The van der Waals surface area contributed by atoms with Crippen LogP contribution in [0.4, 0.5) is 0 Å². The van der Waals surface area contributed by atoms with Crippen LogP contribution in [-0.2, 0) is 0 Å². The lowest BCUT2D eigenvalue weighted by molar-refractivity contribution is 0.230. The van der Waals surface area contributed by atoms with Crippen molar-refractivity contribution in [1.29, 1.82) is 0 Å². The van der Waals surface area contributed by atoms with E-state index in [4.69, 9.17) is 22.1 Å². The molecule has 72 valence electrons. The van der Waals surface area contributed by atoms with Crippen LogP contribution >= 0.6 is 11.6 Å². The van der Waals surface area contributed by atoms with E-state index in [1.165, 1.54) is 0 Å². The van der Waals surface area contributed by atoms with Crippen LogP contribution in [0.15, 0.2) is 18.2 Å². The summed E-state index contributed by atoms with van der Waals surface area (Å²) in [6, 6.07) is 5.69. The molecule has 0 amide bonds. The SMILES string of the molecule is Cc1ccc(Cl)c(OC(C)CN)c1. The number of aryl methyl sites for hydroxylation is 1. The lowest BCUT2D eigenvalue weighted by Gasteiger charge is -2.13. The fourth-order valence-electron chi connectivity index (χ4n) is 0.966. The summed E-state index contributed by atoms with van der Waals surface area (Å²) in [7, 11) is 0. The highest BCUT2D eigenvalue weighted by molar-refractivity contribution is 6.32. The molecular weight excluding hydrogens is 186 g/mol. The first-order valence-corrected chi connectivity index (χ1v) is 4.64. The second-order valence-electron chi connectivity index (χ2n) is 3.10. The first kappa shape index (κ1) is 10.4. The van der Waals surface area contributed by atoms with Gasteiger partial charge >= 0.3 is 0 Å². The predicted molar refractivity (Wildman–Crippen MR) is 55.3 cm³/mol. The van der Waals surface area contributed by atoms with Crippen molar-refractivity contribution >= 4 is 11.6 Å². The zero-order valence-electron chi connectivity index (χ0n) is 7.88. The number of hydrogen-bond donors (Lipinski definition) is 1. The smallest absolute Gasteiger partial charge is 0.138 e. The van der Waals surface area contributed by atoms with Gasteiger partial charge in [-0.05, 0) is 31.5 Å². The van der Waals surface area contributed by atoms with Crippen molar-refractivity contribution in [1.82, 2.24) is 0 Å². The molecule has 1 unspecified atom stereocenters. The molecular formula is C10H14ClNO. The maximum Gasteiger partial charge on any atom is 0.138 e. The van der Waals surface area contributed by atoms with Crippen LogP contribution in [0.2, 0.25) is 5.02 Å². The standard InChI is InChI=1S/C10H14ClNO/c1-7-3-4-9(11)10(5-7)13-8(2)6-12/h3-5,8H,6,12H2,1-2H3. The quantitative estimate of drug-likeness (QED) is 0.812.